The van der Waals surface area contributed by atoms with E-state index in [1.54, 1.807) is 13.1 Å². The van der Waals surface area contributed by atoms with Crippen LogP contribution in [-0.2, 0) is 0 Å². The fraction of sp³-hybridized carbons (Fsp3) is 0.222. The number of nitrogens with zero attached hydrogens (tertiary/aromatic N) is 5. The van der Waals surface area contributed by atoms with Crippen LogP contribution in [0.2, 0.25) is 0 Å². The minimum absolute atomic E-state index is 0.112. The van der Waals surface area contributed by atoms with E-state index in [0.29, 0.717) is 5.82 Å². The maximum absolute atomic E-state index is 11.1. The van der Waals surface area contributed by atoms with Crippen LogP contribution >= 0.6 is 0 Å². The first kappa shape index (κ1) is 11.9. The number of aromatic nitrogens is 4. The molecule has 0 bridgehead atoms. The van der Waals surface area contributed by atoms with Crippen molar-refractivity contribution in [2.45, 2.75) is 13.8 Å². The first-order chi connectivity index (χ1) is 8.54. The van der Waals surface area contributed by atoms with E-state index in [9.17, 15) is 10.1 Å². The molecule has 0 amide bonds. The van der Waals surface area contributed by atoms with E-state index in [-0.39, 0.29) is 23.1 Å². The number of imidazole rings is 1. The lowest BCUT2D eigenvalue weighted by Gasteiger charge is -2.08. The summed E-state index contributed by atoms with van der Waals surface area (Å²) in [7, 11) is 0. The summed E-state index contributed by atoms with van der Waals surface area (Å²) < 4.78 is 1.51. The molecule has 0 aliphatic carbocycles. The summed E-state index contributed by atoms with van der Waals surface area (Å²) in [5.41, 5.74) is 2.33. The Morgan fingerprint density at radius 1 is 1.44 bits per heavy atom. The largest absolute Gasteiger partial charge is 0.333 e. The maximum atomic E-state index is 11.1. The van der Waals surface area contributed by atoms with Crippen molar-refractivity contribution in [1.82, 2.24) is 19.5 Å². The van der Waals surface area contributed by atoms with E-state index >= 15 is 0 Å². The number of nitrogen functional groups attached to an aromatic ring is 1. The molecule has 0 aromatic carbocycles. The van der Waals surface area contributed by atoms with Crippen LogP contribution in [0.1, 0.15) is 11.5 Å². The highest BCUT2D eigenvalue weighted by atomic mass is 16.6. The normalized spacial score (nSPS) is 10.4. The average Bonchev–Trinajstić information content (AvgIpc) is 2.73. The molecule has 0 aliphatic heterocycles. The van der Waals surface area contributed by atoms with Gasteiger partial charge in [-0.05, 0) is 13.8 Å². The van der Waals surface area contributed by atoms with E-state index in [1.807, 2.05) is 0 Å². The summed E-state index contributed by atoms with van der Waals surface area (Å²) in [5.74, 6) is 6.06. The lowest BCUT2D eigenvalue weighted by Crippen LogP contribution is -2.15. The molecule has 0 unspecified atom stereocenters. The molecule has 94 valence electrons. The third kappa shape index (κ3) is 1.86. The van der Waals surface area contributed by atoms with E-state index < -0.39 is 4.92 Å². The zero-order chi connectivity index (χ0) is 13.3. The summed E-state index contributed by atoms with van der Waals surface area (Å²) in [4.78, 5) is 22.5. The Bertz CT molecular complexity index is 607. The monoisotopic (exact) mass is 249 g/mol. The number of nitrogens with two attached hydrogens (primary N) is 1. The Kier molecular flexibility index (Phi) is 2.90. The van der Waals surface area contributed by atoms with Crippen molar-refractivity contribution in [3.8, 4) is 5.82 Å². The van der Waals surface area contributed by atoms with Crippen LogP contribution < -0.4 is 11.3 Å². The number of nitro groups is 1. The fourth-order valence-electron chi connectivity index (χ4n) is 1.60. The molecule has 0 atom stereocenters. The number of rotatable bonds is 3. The molecular formula is C9H11N7O2. The first-order valence-corrected chi connectivity index (χ1v) is 5.04. The topological polar surface area (TPSA) is 125 Å². The zero-order valence-electron chi connectivity index (χ0n) is 9.78. The van der Waals surface area contributed by atoms with Gasteiger partial charge in [0.05, 0.1) is 4.92 Å². The Morgan fingerprint density at radius 2 is 2.17 bits per heavy atom. The first-order valence-electron chi connectivity index (χ1n) is 5.04. The smallest absolute Gasteiger partial charge is 0.292 e. The molecule has 9 heteroatoms. The van der Waals surface area contributed by atoms with Gasteiger partial charge in [-0.25, -0.2) is 15.8 Å². The van der Waals surface area contributed by atoms with Gasteiger partial charge in [0, 0.05) is 12.4 Å². The summed E-state index contributed by atoms with van der Waals surface area (Å²) in [6.45, 7) is 3.24. The van der Waals surface area contributed by atoms with Gasteiger partial charge in [0.15, 0.2) is 0 Å². The van der Waals surface area contributed by atoms with Gasteiger partial charge in [-0.2, -0.15) is 4.98 Å². The van der Waals surface area contributed by atoms with Crippen molar-refractivity contribution < 1.29 is 4.92 Å². The van der Waals surface area contributed by atoms with Crippen LogP contribution in [0.5, 0.6) is 0 Å². The number of nitrogens with one attached hydrogen (secondary N) is 1. The molecule has 2 heterocycles. The molecule has 2 aromatic rings. The SMILES string of the molecule is Cc1nc(NN)nc(-n2ccnc2C)c1[N+](=O)[O-]. The van der Waals surface area contributed by atoms with Crippen LogP contribution in [0.15, 0.2) is 12.4 Å². The number of hydrogen-bond acceptors (Lipinski definition) is 7. The molecule has 2 rings (SSSR count). The number of anilines is 1. The summed E-state index contributed by atoms with van der Waals surface area (Å²) in [5, 5.41) is 11.1. The van der Waals surface area contributed by atoms with Gasteiger partial charge >= 0.3 is 5.69 Å². The number of aryl methyl sites for hydroxylation is 2. The van der Waals surface area contributed by atoms with Gasteiger partial charge < -0.3 is 0 Å². The number of hydrazine groups is 1. The van der Waals surface area contributed by atoms with Gasteiger partial charge in [-0.15, -0.1) is 0 Å². The van der Waals surface area contributed by atoms with Gasteiger partial charge in [0.25, 0.3) is 0 Å². The lowest BCUT2D eigenvalue weighted by atomic mass is 10.3. The van der Waals surface area contributed by atoms with Crippen molar-refractivity contribution in [1.29, 1.82) is 0 Å². The van der Waals surface area contributed by atoms with Gasteiger partial charge in [0.1, 0.15) is 11.5 Å². The van der Waals surface area contributed by atoms with Crippen molar-refractivity contribution in [3.63, 3.8) is 0 Å². The molecule has 18 heavy (non-hydrogen) atoms. The second kappa shape index (κ2) is 4.37. The predicted octanol–water partition coefficient (Wildman–Crippen LogP) is 0.473. The molecule has 9 nitrogen and oxygen atoms in total. The van der Waals surface area contributed by atoms with Crippen LogP contribution in [0.3, 0.4) is 0 Å². The van der Waals surface area contributed by atoms with Crippen molar-refractivity contribution in [3.05, 3.63) is 34.0 Å². The summed E-state index contributed by atoms with van der Waals surface area (Å²) >= 11 is 0. The highest BCUT2D eigenvalue weighted by Crippen LogP contribution is 2.25. The van der Waals surface area contributed by atoms with E-state index in [2.05, 4.69) is 20.4 Å². The summed E-state index contributed by atoms with van der Waals surface area (Å²) in [6.07, 6.45) is 3.12. The molecule has 0 saturated heterocycles. The zero-order valence-corrected chi connectivity index (χ0v) is 9.78. The molecule has 3 N–H and O–H groups in total. The highest BCUT2D eigenvalue weighted by molar-refractivity contribution is 5.53. The molecule has 0 radical (unpaired) electrons. The minimum atomic E-state index is -0.523. The van der Waals surface area contributed by atoms with Gasteiger partial charge in [-0.3, -0.25) is 20.1 Å². The Hall–Kier alpha value is -2.55. The third-order valence-corrected chi connectivity index (χ3v) is 2.41. The van der Waals surface area contributed by atoms with E-state index in [4.69, 9.17) is 5.84 Å². The Morgan fingerprint density at radius 3 is 2.67 bits per heavy atom. The quantitative estimate of drug-likeness (QED) is 0.460. The van der Waals surface area contributed by atoms with E-state index in [0.717, 1.165) is 0 Å². The highest BCUT2D eigenvalue weighted by Gasteiger charge is 2.24. The molecular weight excluding hydrogens is 238 g/mol. The fourth-order valence-corrected chi connectivity index (χ4v) is 1.60. The van der Waals surface area contributed by atoms with Crippen LogP contribution in [0, 0.1) is 24.0 Å². The summed E-state index contributed by atoms with van der Waals surface area (Å²) in [6, 6.07) is 0. The molecule has 0 spiro atoms. The third-order valence-electron chi connectivity index (χ3n) is 2.41. The van der Waals surface area contributed by atoms with E-state index in [1.165, 1.54) is 17.7 Å². The van der Waals surface area contributed by atoms with Crippen LogP contribution in [-0.4, -0.2) is 24.4 Å². The molecule has 0 aliphatic rings. The standard InChI is InChI=1S/C9H11N7O2/c1-5-7(16(17)18)8(13-9(12-5)14-10)15-4-3-11-6(15)2/h3-4H,10H2,1-2H3,(H,12,13,14). The minimum Gasteiger partial charge on any atom is -0.292 e. The average molecular weight is 249 g/mol. The second-order valence-electron chi connectivity index (χ2n) is 3.55. The Balaban J connectivity index is 2.74. The molecule has 0 fully saturated rings. The van der Waals surface area contributed by atoms with Crippen molar-refractivity contribution >= 4 is 11.6 Å². The van der Waals surface area contributed by atoms with Crippen LogP contribution in [0.4, 0.5) is 11.6 Å². The van der Waals surface area contributed by atoms with Crippen molar-refractivity contribution in [2.24, 2.45) is 5.84 Å². The molecule has 2 aromatic heterocycles. The van der Waals surface area contributed by atoms with Crippen LogP contribution in [0.25, 0.3) is 5.82 Å². The Labute approximate surface area is 102 Å². The van der Waals surface area contributed by atoms with Gasteiger partial charge in [-0.1, -0.05) is 0 Å². The maximum Gasteiger partial charge on any atom is 0.333 e. The lowest BCUT2D eigenvalue weighted by molar-refractivity contribution is -0.385. The van der Waals surface area contributed by atoms with Crippen molar-refractivity contribution in [2.75, 3.05) is 5.43 Å². The predicted molar refractivity (Wildman–Crippen MR) is 63.1 cm³/mol. The molecule has 0 saturated carbocycles. The second-order valence-corrected chi connectivity index (χ2v) is 3.55. The number of hydrogen-bond donors (Lipinski definition) is 2. The van der Waals surface area contributed by atoms with Gasteiger partial charge in [0.2, 0.25) is 11.8 Å².